The second-order valence-corrected chi connectivity index (χ2v) is 29.2. The van der Waals surface area contributed by atoms with Gasteiger partial charge < -0.3 is 19.8 Å². The summed E-state index contributed by atoms with van der Waals surface area (Å²) in [6, 6.07) is -0.764. The second-order valence-electron chi connectivity index (χ2n) is 27.7. The number of hydrogen-bond acceptors (Lipinski definition) is 5. The number of quaternary nitrogens is 1. The lowest BCUT2D eigenvalue weighted by molar-refractivity contribution is -0.870. The van der Waals surface area contributed by atoms with Gasteiger partial charge in [0.2, 0.25) is 5.91 Å². The van der Waals surface area contributed by atoms with Crippen molar-refractivity contribution in [3.8, 4) is 0 Å². The molecule has 0 radical (unpaired) electrons. The summed E-state index contributed by atoms with van der Waals surface area (Å²) < 4.78 is 24.0. The number of nitrogens with zero attached hydrogens (tertiary/aromatic N) is 1. The zero-order valence-corrected chi connectivity index (χ0v) is 60.8. The number of nitrogens with one attached hydrogen (secondary N) is 1. The molecule has 0 aromatic rings. The van der Waals surface area contributed by atoms with Crippen LogP contribution in [0.2, 0.25) is 0 Å². The molecule has 0 saturated carbocycles. The first-order chi connectivity index (χ1) is 43.5. The van der Waals surface area contributed by atoms with Crippen molar-refractivity contribution in [1.29, 1.82) is 0 Å². The Kier molecular flexibility index (Phi) is 68.6. The largest absolute Gasteiger partial charge is 0.472 e. The molecule has 0 aliphatic heterocycles. The van der Waals surface area contributed by atoms with Gasteiger partial charge in [0.25, 0.3) is 0 Å². The molecule has 9 heteroatoms. The molecule has 0 heterocycles. The highest BCUT2D eigenvalue weighted by Gasteiger charge is 2.28. The fourth-order valence-electron chi connectivity index (χ4n) is 11.8. The summed E-state index contributed by atoms with van der Waals surface area (Å²) in [5, 5.41) is 14.2. The number of phosphoric ester groups is 1. The molecule has 3 unspecified atom stereocenters. The van der Waals surface area contributed by atoms with Crippen LogP contribution >= 0.6 is 7.82 Å². The van der Waals surface area contributed by atoms with E-state index in [1.807, 2.05) is 21.1 Å². The number of carbonyl (C=O) groups is 1. The molecule has 0 aromatic carbocycles. The van der Waals surface area contributed by atoms with Crippen molar-refractivity contribution >= 4 is 13.7 Å². The first kappa shape index (κ1) is 86.9. The van der Waals surface area contributed by atoms with E-state index in [0.717, 1.165) is 77.0 Å². The van der Waals surface area contributed by atoms with E-state index in [1.165, 1.54) is 276 Å². The fourth-order valence-corrected chi connectivity index (χ4v) is 12.5. The molecular weight excluding hydrogens is 1120 g/mol. The van der Waals surface area contributed by atoms with Crippen molar-refractivity contribution in [3.05, 3.63) is 72.9 Å². The van der Waals surface area contributed by atoms with Crippen LogP contribution < -0.4 is 5.32 Å². The molecule has 0 spiro atoms. The van der Waals surface area contributed by atoms with Crippen LogP contribution in [0.25, 0.3) is 0 Å². The summed E-state index contributed by atoms with van der Waals surface area (Å²) in [4.78, 5) is 23.5. The molecule has 3 atom stereocenters. The van der Waals surface area contributed by atoms with E-state index in [2.05, 4.69) is 92.1 Å². The predicted octanol–water partition coefficient (Wildman–Crippen LogP) is 25.3. The van der Waals surface area contributed by atoms with Gasteiger partial charge in [-0.1, -0.05) is 382 Å². The summed E-state index contributed by atoms with van der Waals surface area (Å²) in [6.07, 6.45) is 98.9. The van der Waals surface area contributed by atoms with Gasteiger partial charge in [0.1, 0.15) is 13.2 Å². The average molecular weight is 1270 g/mol. The predicted molar refractivity (Wildman–Crippen MR) is 392 cm³/mol. The topological polar surface area (TPSA) is 105 Å². The number of aliphatic hydroxyl groups excluding tert-OH is 1. The van der Waals surface area contributed by atoms with Crippen molar-refractivity contribution in [2.45, 2.75) is 392 Å². The number of hydrogen-bond donors (Lipinski definition) is 3. The van der Waals surface area contributed by atoms with Gasteiger partial charge in [-0.3, -0.25) is 13.8 Å². The van der Waals surface area contributed by atoms with Crippen LogP contribution in [0.1, 0.15) is 380 Å². The molecule has 0 saturated heterocycles. The van der Waals surface area contributed by atoms with Crippen LogP contribution in [0.15, 0.2) is 72.9 Å². The molecule has 3 N–H and O–H groups in total. The van der Waals surface area contributed by atoms with E-state index in [0.29, 0.717) is 23.9 Å². The summed E-state index contributed by atoms with van der Waals surface area (Å²) >= 11 is 0. The van der Waals surface area contributed by atoms with E-state index in [9.17, 15) is 19.4 Å². The summed E-state index contributed by atoms with van der Waals surface area (Å²) in [7, 11) is 1.63. The second kappa shape index (κ2) is 70.3. The van der Waals surface area contributed by atoms with Gasteiger partial charge in [-0.25, -0.2) is 4.57 Å². The minimum Gasteiger partial charge on any atom is -0.391 e. The van der Waals surface area contributed by atoms with Crippen LogP contribution in [-0.2, 0) is 18.4 Å². The van der Waals surface area contributed by atoms with Gasteiger partial charge in [-0.05, 0) is 64.2 Å². The van der Waals surface area contributed by atoms with E-state index in [4.69, 9.17) is 9.05 Å². The van der Waals surface area contributed by atoms with Gasteiger partial charge in [0.15, 0.2) is 0 Å². The number of phosphoric acid groups is 1. The van der Waals surface area contributed by atoms with Crippen LogP contribution in [0.3, 0.4) is 0 Å². The smallest absolute Gasteiger partial charge is 0.391 e. The molecule has 89 heavy (non-hydrogen) atoms. The molecule has 0 rings (SSSR count). The zero-order chi connectivity index (χ0) is 64.8. The standard InChI is InChI=1S/C80H151N2O6P/c1-6-8-10-12-14-16-18-20-22-24-26-28-30-32-34-36-38-39-40-41-42-43-44-46-48-50-52-54-56-58-60-62-64-66-68-70-72-74-80(84)81-78(77-88-89(85,86)87-76-75-82(3,4)5)79(83)73-71-69-67-65-63-61-59-57-55-53-51-49-47-45-37-35-33-31-29-27-25-23-21-19-17-15-13-11-9-7-2/h8,10,14,16,20,22,26,28,32,34,38-39,78-79,83H,6-7,9,11-13,15,17-19,21,23-25,27,29-31,33,35-37,40-77H2,1-5H3,(H-,81,84,85,86)/p+1/b10-8-,16-14-,22-20-,28-26-,34-32-,39-38-. The minimum absolute atomic E-state index is 0.0750. The van der Waals surface area contributed by atoms with Crippen molar-refractivity contribution in [3.63, 3.8) is 0 Å². The lowest BCUT2D eigenvalue weighted by Crippen LogP contribution is -2.46. The first-order valence-electron chi connectivity index (χ1n) is 38.8. The van der Waals surface area contributed by atoms with Gasteiger partial charge in [0, 0.05) is 6.42 Å². The third kappa shape index (κ3) is 73.2. The van der Waals surface area contributed by atoms with Crippen molar-refractivity contribution in [2.24, 2.45) is 0 Å². The molecular formula is C80H152N2O6P+. The lowest BCUT2D eigenvalue weighted by Gasteiger charge is -2.26. The summed E-state index contributed by atoms with van der Waals surface area (Å²) in [5.74, 6) is -0.138. The van der Waals surface area contributed by atoms with Gasteiger partial charge >= 0.3 is 7.82 Å². The molecule has 1 amide bonds. The van der Waals surface area contributed by atoms with E-state index in [-0.39, 0.29) is 19.1 Å². The summed E-state index contributed by atoms with van der Waals surface area (Å²) in [6.45, 7) is 4.83. The first-order valence-corrected chi connectivity index (χ1v) is 40.3. The SMILES string of the molecule is CC/C=C\C/C=C\C/C=C\C/C=C\C/C=C\C/C=C\CCCCCCCCCCCCCCCCCCCCC(=O)NC(COP(=O)(O)OCC[N+](C)(C)C)C(O)CCCCCCCCCCCCCCCCCCCCCCCCCCCCCCCC. The zero-order valence-electron chi connectivity index (χ0n) is 59.9. The van der Waals surface area contributed by atoms with Crippen LogP contribution in [-0.4, -0.2) is 73.4 Å². The highest BCUT2D eigenvalue weighted by atomic mass is 31.2. The molecule has 0 aromatic heterocycles. The minimum atomic E-state index is -4.34. The Bertz CT molecular complexity index is 1680. The number of unbranched alkanes of at least 4 members (excludes halogenated alkanes) is 47. The Hall–Kier alpha value is -2.06. The molecule has 522 valence electrons. The molecule has 0 fully saturated rings. The van der Waals surface area contributed by atoms with Gasteiger partial charge in [-0.15, -0.1) is 0 Å². The maximum absolute atomic E-state index is 13.1. The number of allylic oxidation sites excluding steroid dienone is 12. The molecule has 0 aliphatic carbocycles. The van der Waals surface area contributed by atoms with E-state index < -0.39 is 20.0 Å². The number of rotatable bonds is 72. The fraction of sp³-hybridized carbons (Fsp3) is 0.838. The normalized spacial score (nSPS) is 13.9. The number of likely N-dealkylation sites (N-methyl/N-ethyl adjacent to an activating group) is 1. The summed E-state index contributed by atoms with van der Waals surface area (Å²) in [5.41, 5.74) is 0. The lowest BCUT2D eigenvalue weighted by atomic mass is 10.0. The van der Waals surface area contributed by atoms with Crippen molar-refractivity contribution in [1.82, 2.24) is 5.32 Å². The average Bonchev–Trinajstić information content (AvgIpc) is 3.57. The van der Waals surface area contributed by atoms with E-state index in [1.54, 1.807) is 0 Å². The van der Waals surface area contributed by atoms with E-state index >= 15 is 0 Å². The third-order valence-electron chi connectivity index (χ3n) is 17.7. The molecule has 0 bridgehead atoms. The van der Waals surface area contributed by atoms with Crippen LogP contribution in [0.5, 0.6) is 0 Å². The maximum atomic E-state index is 13.1. The maximum Gasteiger partial charge on any atom is 0.472 e. The van der Waals surface area contributed by atoms with Gasteiger partial charge in [-0.2, -0.15) is 0 Å². The van der Waals surface area contributed by atoms with Crippen molar-refractivity contribution < 1.29 is 32.9 Å². The van der Waals surface area contributed by atoms with Crippen molar-refractivity contribution in [2.75, 3.05) is 40.9 Å². The Morgan fingerprint density at radius 3 is 0.989 bits per heavy atom. The number of amides is 1. The van der Waals surface area contributed by atoms with Crippen LogP contribution in [0, 0.1) is 0 Å². The third-order valence-corrected chi connectivity index (χ3v) is 18.7. The Morgan fingerprint density at radius 2 is 0.674 bits per heavy atom. The van der Waals surface area contributed by atoms with Crippen LogP contribution in [0.4, 0.5) is 0 Å². The highest BCUT2D eigenvalue weighted by Crippen LogP contribution is 2.43. The Morgan fingerprint density at radius 1 is 0.393 bits per heavy atom. The Labute approximate surface area is 554 Å². The molecule has 8 nitrogen and oxygen atoms in total. The quantitative estimate of drug-likeness (QED) is 0.0243. The van der Waals surface area contributed by atoms with Gasteiger partial charge in [0.05, 0.1) is 39.9 Å². The molecule has 0 aliphatic rings. The Balaban J connectivity index is 3.96. The highest BCUT2D eigenvalue weighted by molar-refractivity contribution is 7.47. The monoisotopic (exact) mass is 1270 g/mol. The number of aliphatic hydroxyl groups is 1. The number of carbonyl (C=O) groups excluding carboxylic acids is 1.